The number of nitrogens with one attached hydrogen (secondary N) is 1. The summed E-state index contributed by atoms with van der Waals surface area (Å²) in [5.41, 5.74) is 2.99. The van der Waals surface area contributed by atoms with Gasteiger partial charge < -0.3 is 10.4 Å². The number of carbonyl (C=O) groups is 2. The first-order valence-corrected chi connectivity index (χ1v) is 8.69. The molecule has 6 nitrogen and oxygen atoms in total. The van der Waals surface area contributed by atoms with Crippen molar-refractivity contribution in [1.29, 1.82) is 0 Å². The van der Waals surface area contributed by atoms with Gasteiger partial charge in [0.05, 0.1) is 23.4 Å². The van der Waals surface area contributed by atoms with Crippen LogP contribution in [-0.2, 0) is 13.1 Å². The number of benzene rings is 2. The first-order chi connectivity index (χ1) is 12.9. The normalized spacial score (nSPS) is 10.6. The van der Waals surface area contributed by atoms with Gasteiger partial charge in [0.2, 0.25) is 0 Å². The van der Waals surface area contributed by atoms with Crippen LogP contribution in [0.25, 0.3) is 0 Å². The van der Waals surface area contributed by atoms with Crippen molar-refractivity contribution in [3.63, 3.8) is 0 Å². The van der Waals surface area contributed by atoms with Gasteiger partial charge >= 0.3 is 5.97 Å². The smallest absolute Gasteiger partial charge is 0.335 e. The van der Waals surface area contributed by atoms with E-state index < -0.39 is 5.97 Å². The van der Waals surface area contributed by atoms with Gasteiger partial charge in [0.1, 0.15) is 0 Å². The summed E-state index contributed by atoms with van der Waals surface area (Å²) in [6.45, 7) is 2.52. The molecule has 0 bridgehead atoms. The van der Waals surface area contributed by atoms with E-state index in [-0.39, 0.29) is 18.0 Å². The number of aromatic nitrogens is 2. The predicted molar refractivity (Wildman–Crippen MR) is 102 cm³/mol. The zero-order valence-electron chi connectivity index (χ0n) is 14.6. The third kappa shape index (κ3) is 4.74. The highest BCUT2D eigenvalue weighted by atomic mass is 35.5. The summed E-state index contributed by atoms with van der Waals surface area (Å²) in [5.74, 6) is -1.26. The van der Waals surface area contributed by atoms with Crippen LogP contribution < -0.4 is 5.32 Å². The van der Waals surface area contributed by atoms with E-state index in [0.29, 0.717) is 28.4 Å². The molecular weight excluding hydrogens is 366 g/mol. The third-order valence-corrected chi connectivity index (χ3v) is 4.29. The molecule has 2 aromatic carbocycles. The van der Waals surface area contributed by atoms with Crippen LogP contribution in [0.1, 0.15) is 37.5 Å². The molecule has 1 heterocycles. The number of amides is 1. The number of rotatable bonds is 6. The Balaban J connectivity index is 1.67. The van der Waals surface area contributed by atoms with Gasteiger partial charge in [-0.2, -0.15) is 5.10 Å². The molecule has 0 fully saturated rings. The number of aryl methyl sites for hydroxylation is 1. The number of carbonyl (C=O) groups excluding carboxylic acids is 1. The third-order valence-electron chi connectivity index (χ3n) is 4.05. The number of hydrogen-bond acceptors (Lipinski definition) is 3. The van der Waals surface area contributed by atoms with Crippen LogP contribution in [0.4, 0.5) is 0 Å². The molecule has 1 amide bonds. The second-order valence-corrected chi connectivity index (χ2v) is 6.58. The van der Waals surface area contributed by atoms with E-state index in [4.69, 9.17) is 16.7 Å². The van der Waals surface area contributed by atoms with Crippen molar-refractivity contribution in [3.8, 4) is 0 Å². The van der Waals surface area contributed by atoms with E-state index in [1.807, 2.05) is 18.2 Å². The van der Waals surface area contributed by atoms with E-state index in [0.717, 1.165) is 5.56 Å². The topological polar surface area (TPSA) is 84.2 Å². The van der Waals surface area contributed by atoms with Crippen molar-refractivity contribution in [2.75, 3.05) is 0 Å². The van der Waals surface area contributed by atoms with Crippen LogP contribution in [0.5, 0.6) is 0 Å². The highest BCUT2D eigenvalue weighted by Gasteiger charge is 2.14. The van der Waals surface area contributed by atoms with E-state index in [9.17, 15) is 9.59 Å². The minimum Gasteiger partial charge on any atom is -0.478 e. The maximum Gasteiger partial charge on any atom is 0.335 e. The molecule has 0 aliphatic rings. The Morgan fingerprint density at radius 2 is 1.89 bits per heavy atom. The monoisotopic (exact) mass is 383 g/mol. The van der Waals surface area contributed by atoms with Gasteiger partial charge in [-0.25, -0.2) is 4.79 Å². The van der Waals surface area contributed by atoms with Crippen molar-refractivity contribution >= 4 is 23.5 Å². The van der Waals surface area contributed by atoms with Gasteiger partial charge in [-0.05, 0) is 42.3 Å². The number of nitrogens with zero attached hydrogens (tertiary/aromatic N) is 2. The summed E-state index contributed by atoms with van der Waals surface area (Å²) >= 11 is 6.00. The Morgan fingerprint density at radius 1 is 1.15 bits per heavy atom. The average Bonchev–Trinajstić information content (AvgIpc) is 3.00. The molecular formula is C20H18ClN3O3. The minimum absolute atomic E-state index is 0.187. The number of hydrogen-bond donors (Lipinski definition) is 2. The predicted octanol–water partition coefficient (Wildman–Crippen LogP) is 3.52. The maximum atomic E-state index is 12.5. The summed E-state index contributed by atoms with van der Waals surface area (Å²) in [5, 5.41) is 16.9. The highest BCUT2D eigenvalue weighted by Crippen LogP contribution is 2.13. The second-order valence-electron chi connectivity index (χ2n) is 6.14. The Hall–Kier alpha value is -3.12. The molecule has 0 atom stereocenters. The van der Waals surface area contributed by atoms with E-state index in [1.165, 1.54) is 12.1 Å². The van der Waals surface area contributed by atoms with E-state index in [1.54, 1.807) is 36.0 Å². The molecule has 0 saturated carbocycles. The highest BCUT2D eigenvalue weighted by molar-refractivity contribution is 6.30. The van der Waals surface area contributed by atoms with E-state index in [2.05, 4.69) is 10.4 Å². The fourth-order valence-electron chi connectivity index (χ4n) is 2.74. The summed E-state index contributed by atoms with van der Waals surface area (Å²) in [6, 6.07) is 13.9. The molecule has 2 N–H and O–H groups in total. The molecule has 1 aromatic heterocycles. The molecule has 138 valence electrons. The lowest BCUT2D eigenvalue weighted by Crippen LogP contribution is -2.23. The Bertz CT molecular complexity index is 998. The minimum atomic E-state index is -0.999. The van der Waals surface area contributed by atoms with Crippen molar-refractivity contribution < 1.29 is 14.7 Å². The first-order valence-electron chi connectivity index (χ1n) is 8.31. The first kappa shape index (κ1) is 18.7. The lowest BCUT2D eigenvalue weighted by Gasteiger charge is -2.05. The summed E-state index contributed by atoms with van der Waals surface area (Å²) in [6.07, 6.45) is 1.69. The second kappa shape index (κ2) is 8.05. The largest absolute Gasteiger partial charge is 0.478 e. The van der Waals surface area contributed by atoms with Crippen LogP contribution in [0.3, 0.4) is 0 Å². The van der Waals surface area contributed by atoms with Crippen molar-refractivity contribution in [2.45, 2.75) is 20.0 Å². The number of aromatic carboxylic acids is 1. The van der Waals surface area contributed by atoms with Crippen molar-refractivity contribution in [3.05, 3.63) is 87.7 Å². The SMILES string of the molecule is Cc1nn(Cc2cccc(Cl)c2)cc1C(=O)NCc1cccc(C(=O)O)c1. The number of halogens is 1. The molecule has 0 spiro atoms. The van der Waals surface area contributed by atoms with Gasteiger partial charge in [0, 0.05) is 17.8 Å². The molecule has 27 heavy (non-hydrogen) atoms. The zero-order chi connectivity index (χ0) is 19.4. The van der Waals surface area contributed by atoms with Crippen LogP contribution in [0, 0.1) is 6.92 Å². The molecule has 0 radical (unpaired) electrons. The zero-order valence-corrected chi connectivity index (χ0v) is 15.4. The lowest BCUT2D eigenvalue weighted by atomic mass is 10.1. The fourth-order valence-corrected chi connectivity index (χ4v) is 2.95. The summed E-state index contributed by atoms with van der Waals surface area (Å²) in [4.78, 5) is 23.5. The van der Waals surface area contributed by atoms with E-state index >= 15 is 0 Å². The standard InChI is InChI=1S/C20H18ClN3O3/c1-13-18(12-24(23-13)11-15-5-3-7-17(21)9-15)19(25)22-10-14-4-2-6-16(8-14)20(26)27/h2-9,12H,10-11H2,1H3,(H,22,25)(H,26,27). The molecule has 0 aliphatic carbocycles. The summed E-state index contributed by atoms with van der Waals surface area (Å²) < 4.78 is 1.70. The Kier molecular flexibility index (Phi) is 5.57. The van der Waals surface area contributed by atoms with Crippen LogP contribution in [-0.4, -0.2) is 26.8 Å². The van der Waals surface area contributed by atoms with Gasteiger partial charge in [0.25, 0.3) is 5.91 Å². The van der Waals surface area contributed by atoms with Crippen LogP contribution in [0.2, 0.25) is 5.02 Å². The molecule has 0 saturated heterocycles. The fraction of sp³-hybridized carbons (Fsp3) is 0.150. The molecule has 3 rings (SSSR count). The average molecular weight is 384 g/mol. The van der Waals surface area contributed by atoms with Crippen molar-refractivity contribution in [2.24, 2.45) is 0 Å². The number of carboxylic acids is 1. The Labute approximate surface area is 161 Å². The lowest BCUT2D eigenvalue weighted by molar-refractivity contribution is 0.0696. The molecule has 3 aromatic rings. The van der Waals surface area contributed by atoms with Crippen LogP contribution in [0.15, 0.2) is 54.7 Å². The Morgan fingerprint density at radius 3 is 2.63 bits per heavy atom. The van der Waals surface area contributed by atoms with Gasteiger partial charge in [-0.15, -0.1) is 0 Å². The maximum absolute atomic E-state index is 12.5. The quantitative estimate of drug-likeness (QED) is 0.682. The summed E-state index contributed by atoms with van der Waals surface area (Å²) in [7, 11) is 0. The molecule has 0 unspecified atom stereocenters. The van der Waals surface area contributed by atoms with Gasteiger partial charge in [-0.3, -0.25) is 9.48 Å². The molecule has 0 aliphatic heterocycles. The van der Waals surface area contributed by atoms with Crippen molar-refractivity contribution in [1.82, 2.24) is 15.1 Å². The number of carboxylic acid groups (broad SMARTS) is 1. The van der Waals surface area contributed by atoms with Gasteiger partial charge in [-0.1, -0.05) is 35.9 Å². The molecule has 7 heteroatoms. The van der Waals surface area contributed by atoms with Gasteiger partial charge in [0.15, 0.2) is 0 Å². The van der Waals surface area contributed by atoms with Crippen LogP contribution >= 0.6 is 11.6 Å².